The fraction of sp³-hybridized carbons (Fsp3) is 0.600. The second-order valence-corrected chi connectivity index (χ2v) is 7.79. The van der Waals surface area contributed by atoms with Crippen LogP contribution in [0, 0.1) is 6.92 Å². The van der Waals surface area contributed by atoms with Crippen molar-refractivity contribution < 1.29 is 13.2 Å². The van der Waals surface area contributed by atoms with Gasteiger partial charge in [0, 0.05) is 19.7 Å². The summed E-state index contributed by atoms with van der Waals surface area (Å²) >= 11 is 6.17. The molecule has 1 aliphatic rings. The maximum absolute atomic E-state index is 12.7. The number of nitrogens with two attached hydrogens (primary N) is 1. The van der Waals surface area contributed by atoms with E-state index in [0.29, 0.717) is 44.1 Å². The third-order valence-corrected chi connectivity index (χ3v) is 6.43. The Hall–Kier alpha value is -0.370. The molecular formula is C15H24Cl2N2O3S. The van der Waals surface area contributed by atoms with Gasteiger partial charge in [0.25, 0.3) is 0 Å². The molecule has 0 amide bonds. The van der Waals surface area contributed by atoms with Gasteiger partial charge in [-0.3, -0.25) is 0 Å². The van der Waals surface area contributed by atoms with Gasteiger partial charge in [-0.25, -0.2) is 8.42 Å². The monoisotopic (exact) mass is 382 g/mol. The largest absolute Gasteiger partial charge is 0.378 e. The van der Waals surface area contributed by atoms with Gasteiger partial charge >= 0.3 is 0 Å². The maximum atomic E-state index is 12.7. The Kier molecular flexibility index (Phi) is 8.27. The van der Waals surface area contributed by atoms with Crippen LogP contribution in [0.3, 0.4) is 0 Å². The number of benzene rings is 1. The Labute approximate surface area is 149 Å². The van der Waals surface area contributed by atoms with Gasteiger partial charge in [0.05, 0.1) is 11.1 Å². The average Bonchev–Trinajstić information content (AvgIpc) is 2.50. The third-order valence-electron chi connectivity index (χ3n) is 3.88. The van der Waals surface area contributed by atoms with E-state index >= 15 is 0 Å². The first-order valence-corrected chi connectivity index (χ1v) is 9.35. The van der Waals surface area contributed by atoms with Crippen molar-refractivity contribution in [3.05, 3.63) is 28.8 Å². The van der Waals surface area contributed by atoms with E-state index < -0.39 is 10.0 Å². The molecule has 8 heteroatoms. The van der Waals surface area contributed by atoms with Crippen LogP contribution in [-0.4, -0.2) is 45.1 Å². The number of piperidine rings is 1. The maximum Gasteiger partial charge on any atom is 0.244 e. The van der Waals surface area contributed by atoms with Crippen molar-refractivity contribution in [2.45, 2.75) is 37.2 Å². The summed E-state index contributed by atoms with van der Waals surface area (Å²) in [6.07, 6.45) is 2.35. The summed E-state index contributed by atoms with van der Waals surface area (Å²) in [6, 6.07) is 5.09. The number of sulfonamides is 1. The summed E-state index contributed by atoms with van der Waals surface area (Å²) in [5.74, 6) is 0. The summed E-state index contributed by atoms with van der Waals surface area (Å²) in [5.41, 5.74) is 6.20. The number of ether oxygens (including phenoxy) is 1. The molecule has 0 aliphatic carbocycles. The summed E-state index contributed by atoms with van der Waals surface area (Å²) in [7, 11) is -3.54. The Bertz CT molecular complexity index is 603. The molecule has 0 aromatic heterocycles. The van der Waals surface area contributed by atoms with E-state index in [4.69, 9.17) is 22.1 Å². The first kappa shape index (κ1) is 20.7. The van der Waals surface area contributed by atoms with Crippen molar-refractivity contribution in [2.24, 2.45) is 5.73 Å². The minimum absolute atomic E-state index is 0. The van der Waals surface area contributed by atoms with Crippen molar-refractivity contribution in [3.8, 4) is 0 Å². The van der Waals surface area contributed by atoms with E-state index in [1.165, 1.54) is 4.31 Å². The van der Waals surface area contributed by atoms with Crippen LogP contribution in [0.2, 0.25) is 5.02 Å². The summed E-state index contributed by atoms with van der Waals surface area (Å²) in [6.45, 7) is 3.97. The standard InChI is InChI=1S/C15H23ClN2O3S.ClH/c1-12-4-2-5-14(15(12)16)22(19,20)18-9-6-13(7-10-18)21-11-3-8-17;/h2,4-5,13H,3,6-11,17H2,1H3;1H. The van der Waals surface area contributed by atoms with Gasteiger partial charge in [-0.1, -0.05) is 23.7 Å². The zero-order chi connectivity index (χ0) is 16.2. The van der Waals surface area contributed by atoms with Crippen molar-refractivity contribution in [1.82, 2.24) is 4.31 Å². The Morgan fingerprint density at radius 1 is 1.35 bits per heavy atom. The van der Waals surface area contributed by atoms with Gasteiger partial charge in [-0.15, -0.1) is 12.4 Å². The van der Waals surface area contributed by atoms with Gasteiger partial charge < -0.3 is 10.5 Å². The van der Waals surface area contributed by atoms with Crippen LogP contribution < -0.4 is 5.73 Å². The Morgan fingerprint density at radius 2 is 2.00 bits per heavy atom. The first-order chi connectivity index (χ1) is 10.5. The molecule has 1 fully saturated rings. The molecule has 0 spiro atoms. The smallest absolute Gasteiger partial charge is 0.244 e. The number of hydrogen-bond acceptors (Lipinski definition) is 4. The molecular weight excluding hydrogens is 359 g/mol. The number of hydrogen-bond donors (Lipinski definition) is 1. The third kappa shape index (κ3) is 5.05. The van der Waals surface area contributed by atoms with E-state index in [1.54, 1.807) is 25.1 Å². The van der Waals surface area contributed by atoms with Crippen LogP contribution in [0.1, 0.15) is 24.8 Å². The average molecular weight is 383 g/mol. The van der Waals surface area contributed by atoms with E-state index in [2.05, 4.69) is 0 Å². The predicted molar refractivity (Wildman–Crippen MR) is 94.8 cm³/mol. The normalized spacial score (nSPS) is 17.0. The van der Waals surface area contributed by atoms with E-state index in [9.17, 15) is 8.42 Å². The second kappa shape index (κ2) is 9.20. The highest BCUT2D eigenvalue weighted by atomic mass is 35.5. The zero-order valence-electron chi connectivity index (χ0n) is 13.2. The van der Waals surface area contributed by atoms with Crippen LogP contribution in [0.15, 0.2) is 23.1 Å². The van der Waals surface area contributed by atoms with E-state index in [-0.39, 0.29) is 23.4 Å². The van der Waals surface area contributed by atoms with Crippen LogP contribution in [0.4, 0.5) is 0 Å². The zero-order valence-corrected chi connectivity index (χ0v) is 15.6. The number of halogens is 2. The molecule has 132 valence electrons. The molecule has 0 bridgehead atoms. The molecule has 2 N–H and O–H groups in total. The molecule has 0 saturated carbocycles. The van der Waals surface area contributed by atoms with Crippen molar-refractivity contribution in [2.75, 3.05) is 26.2 Å². The lowest BCUT2D eigenvalue weighted by molar-refractivity contribution is 0.0209. The molecule has 2 rings (SSSR count). The molecule has 1 aromatic rings. The number of aryl methyl sites for hydroxylation is 1. The van der Waals surface area contributed by atoms with Crippen LogP contribution in [0.25, 0.3) is 0 Å². The SMILES string of the molecule is Cc1cccc(S(=O)(=O)N2CCC(OCCCN)CC2)c1Cl.Cl. The topological polar surface area (TPSA) is 72.6 Å². The molecule has 0 radical (unpaired) electrons. The fourth-order valence-corrected chi connectivity index (χ4v) is 4.56. The lowest BCUT2D eigenvalue weighted by Crippen LogP contribution is -2.41. The van der Waals surface area contributed by atoms with Crippen molar-refractivity contribution in [1.29, 1.82) is 0 Å². The highest BCUT2D eigenvalue weighted by Gasteiger charge is 2.31. The minimum Gasteiger partial charge on any atom is -0.378 e. The highest BCUT2D eigenvalue weighted by Crippen LogP contribution is 2.29. The van der Waals surface area contributed by atoms with Gasteiger partial charge in [-0.2, -0.15) is 4.31 Å². The first-order valence-electron chi connectivity index (χ1n) is 7.53. The van der Waals surface area contributed by atoms with Gasteiger partial charge in [0.1, 0.15) is 4.90 Å². The second-order valence-electron chi connectivity index (χ2n) is 5.50. The molecule has 1 saturated heterocycles. The van der Waals surface area contributed by atoms with Crippen LogP contribution in [0.5, 0.6) is 0 Å². The van der Waals surface area contributed by atoms with Gasteiger partial charge in [0.15, 0.2) is 0 Å². The minimum atomic E-state index is -3.54. The van der Waals surface area contributed by atoms with E-state index in [1.807, 2.05) is 0 Å². The summed E-state index contributed by atoms with van der Waals surface area (Å²) < 4.78 is 32.6. The van der Waals surface area contributed by atoms with Gasteiger partial charge in [0.2, 0.25) is 10.0 Å². The molecule has 23 heavy (non-hydrogen) atoms. The quantitative estimate of drug-likeness (QED) is 0.767. The van der Waals surface area contributed by atoms with Crippen LogP contribution >= 0.6 is 24.0 Å². The predicted octanol–water partition coefficient (Wildman–Crippen LogP) is 2.59. The lowest BCUT2D eigenvalue weighted by Gasteiger charge is -2.31. The molecule has 1 heterocycles. The molecule has 5 nitrogen and oxygen atoms in total. The van der Waals surface area contributed by atoms with Gasteiger partial charge in [-0.05, 0) is 44.4 Å². The molecule has 1 aromatic carbocycles. The Morgan fingerprint density at radius 3 is 2.61 bits per heavy atom. The van der Waals surface area contributed by atoms with Crippen molar-refractivity contribution >= 4 is 34.0 Å². The number of rotatable bonds is 6. The summed E-state index contributed by atoms with van der Waals surface area (Å²) in [5, 5.41) is 0.309. The number of nitrogens with zero attached hydrogens (tertiary/aromatic N) is 1. The highest BCUT2D eigenvalue weighted by molar-refractivity contribution is 7.89. The molecule has 1 aliphatic heterocycles. The van der Waals surface area contributed by atoms with E-state index in [0.717, 1.165) is 12.0 Å². The fourth-order valence-electron chi connectivity index (χ4n) is 2.53. The lowest BCUT2D eigenvalue weighted by atomic mass is 10.1. The molecule has 0 atom stereocenters. The summed E-state index contributed by atoms with van der Waals surface area (Å²) in [4.78, 5) is 0.191. The molecule has 0 unspecified atom stereocenters. The Balaban J connectivity index is 0.00000264. The van der Waals surface area contributed by atoms with Crippen molar-refractivity contribution in [3.63, 3.8) is 0 Å². The van der Waals surface area contributed by atoms with Crippen LogP contribution in [-0.2, 0) is 14.8 Å².